The second-order valence-electron chi connectivity index (χ2n) is 17.6. The van der Waals surface area contributed by atoms with Crippen LogP contribution in [0.4, 0.5) is 0 Å². The van der Waals surface area contributed by atoms with Crippen LogP contribution in [-0.4, -0.2) is 166 Å². The van der Waals surface area contributed by atoms with Crippen LogP contribution in [0.25, 0.3) is 0 Å². The number of ether oxygens (including phenoxy) is 4. The summed E-state index contributed by atoms with van der Waals surface area (Å²) in [6.45, 7) is 6.74. The molecule has 65 heavy (non-hydrogen) atoms. The number of nitrogens with two attached hydrogens (primary N) is 1. The molecule has 0 aliphatic carbocycles. The van der Waals surface area contributed by atoms with Gasteiger partial charge in [0.25, 0.3) is 0 Å². The van der Waals surface area contributed by atoms with E-state index in [9.17, 15) is 65.8 Å². The van der Waals surface area contributed by atoms with Gasteiger partial charge in [-0.05, 0) is 39.5 Å². The second kappa shape index (κ2) is 27.4. The molecule has 2 fully saturated rings. The third-order valence-electron chi connectivity index (χ3n) is 12.0. The summed E-state index contributed by atoms with van der Waals surface area (Å²) in [4.78, 5) is 25.1. The number of carbonyl (C=O) groups excluding carboxylic acids is 1. The molecule has 8 unspecified atom stereocenters. The molecular weight excluding hydrogens is 851 g/mol. The maximum atomic E-state index is 12.6. The number of cyclic esters (lactones) is 1. The highest BCUT2D eigenvalue weighted by molar-refractivity contribution is 5.71. The molecule has 3 rings (SSSR count). The first-order chi connectivity index (χ1) is 30.6. The Labute approximate surface area is 381 Å². The van der Waals surface area contributed by atoms with Gasteiger partial charge in [0.1, 0.15) is 18.1 Å². The Morgan fingerprint density at radius 1 is 0.662 bits per heavy atom. The molecule has 3 heterocycles. The van der Waals surface area contributed by atoms with Crippen LogP contribution in [0.5, 0.6) is 0 Å². The lowest BCUT2D eigenvalue weighted by Crippen LogP contribution is -2.61. The van der Waals surface area contributed by atoms with Crippen molar-refractivity contribution in [3.05, 3.63) is 85.1 Å². The number of aliphatic hydroxyl groups excluding tert-OH is 9. The first-order valence-corrected chi connectivity index (χ1v) is 22.3. The van der Waals surface area contributed by atoms with Crippen molar-refractivity contribution >= 4 is 11.9 Å². The summed E-state index contributed by atoms with van der Waals surface area (Å²) in [6.07, 6.45) is 3.49. The largest absolute Gasteiger partial charge is 0.481 e. The first-order valence-electron chi connectivity index (χ1n) is 22.3. The number of hydrogen-bond donors (Lipinski definition) is 12. The Morgan fingerprint density at radius 2 is 1.20 bits per heavy atom. The van der Waals surface area contributed by atoms with Crippen LogP contribution < -0.4 is 5.73 Å². The molecule has 13 N–H and O–H groups in total. The average Bonchev–Trinajstić information content (AvgIpc) is 3.21. The molecular formula is C47H73NO17. The smallest absolute Gasteiger partial charge is 0.311 e. The van der Waals surface area contributed by atoms with Crippen molar-refractivity contribution < 1.29 is 84.7 Å². The molecule has 0 aromatic rings. The van der Waals surface area contributed by atoms with E-state index in [4.69, 9.17) is 24.7 Å². The third kappa shape index (κ3) is 18.6. The number of hydrogen-bond acceptors (Lipinski definition) is 17. The van der Waals surface area contributed by atoms with E-state index < -0.39 is 141 Å². The lowest BCUT2D eigenvalue weighted by atomic mass is 9.82. The Hall–Kier alpha value is -3.44. The van der Waals surface area contributed by atoms with E-state index in [2.05, 4.69) is 0 Å². The number of rotatable bonds is 3. The summed E-state index contributed by atoms with van der Waals surface area (Å²) < 4.78 is 23.1. The zero-order valence-electron chi connectivity index (χ0n) is 37.6. The maximum absolute atomic E-state index is 12.6. The highest BCUT2D eigenvalue weighted by Gasteiger charge is 2.51. The number of allylic oxidation sites excluding steroid dienone is 12. The average molecular weight is 924 g/mol. The minimum Gasteiger partial charge on any atom is -0.481 e. The van der Waals surface area contributed by atoms with Gasteiger partial charge in [0.15, 0.2) is 12.1 Å². The fourth-order valence-corrected chi connectivity index (χ4v) is 7.96. The normalized spacial score (nSPS) is 45.5. The Morgan fingerprint density at radius 3 is 1.78 bits per heavy atom. The van der Waals surface area contributed by atoms with Gasteiger partial charge in [-0.15, -0.1) is 0 Å². The van der Waals surface area contributed by atoms with Crippen molar-refractivity contribution in [1.29, 1.82) is 0 Å². The number of fused-ring (bicyclic) bond motifs is 2. The zero-order chi connectivity index (χ0) is 48.4. The SMILES string of the molecule is C[C@H]1[C@@H](O)[C@@H](C)/C=C/C=C\C=C\C=C\C=C\C=C\C=C\[C@H](O[C@@H]2O[C@H](C)[C@@H](O)[C@H](N)[C@@H]2O)CC2O[C@](O)(CC(O)C(O)CCC(O)CC(O)CC(O)CC(=O)O[C@@H]1C)CC(O)C2C(=O)O. The standard InChI is InChI=1S/C47H73NO17/c1-27-17-15-13-11-9-7-5-6-8-10-12-14-16-18-34(64-46-44(58)41(48)43(57)30(4)63-46)24-38-40(45(59)60)37(54)26-47(61,65-38)25-36(53)35(52)20-19-31(49)21-32(50)22-33(51)23-39(55)62-29(3)28(2)42(27)56/h5-18,27-38,40-44,46,49-54,56-58,61H,19-26,48H2,1-4H3,(H,59,60)/b6-5+,9-7+,10-8+,13-11-,14-12+,17-15+,18-16+/t27-,28+,29+,30+,31?,32?,33?,34-,35?,36?,37?,38?,40?,41-,42-,43+,44-,46-,47+/m0/s1. The maximum Gasteiger partial charge on any atom is 0.311 e. The van der Waals surface area contributed by atoms with Gasteiger partial charge in [0.2, 0.25) is 0 Å². The quantitative estimate of drug-likeness (QED) is 0.174. The molecule has 0 saturated carbocycles. The number of esters is 1. The molecule has 2 bridgehead atoms. The van der Waals surface area contributed by atoms with Gasteiger partial charge >= 0.3 is 11.9 Å². The summed E-state index contributed by atoms with van der Waals surface area (Å²) in [5.74, 6) is -6.88. The molecule has 0 spiro atoms. The van der Waals surface area contributed by atoms with Gasteiger partial charge in [-0.3, -0.25) is 9.59 Å². The van der Waals surface area contributed by atoms with E-state index in [1.54, 1.807) is 86.8 Å². The van der Waals surface area contributed by atoms with E-state index in [-0.39, 0.29) is 38.0 Å². The van der Waals surface area contributed by atoms with Gasteiger partial charge < -0.3 is 80.9 Å². The van der Waals surface area contributed by atoms with Gasteiger partial charge in [-0.2, -0.15) is 0 Å². The number of aliphatic carboxylic acids is 1. The van der Waals surface area contributed by atoms with Gasteiger partial charge in [0.05, 0.1) is 79.6 Å². The zero-order valence-corrected chi connectivity index (χ0v) is 37.6. The predicted octanol–water partition coefficient (Wildman–Crippen LogP) is 0.712. The lowest BCUT2D eigenvalue weighted by molar-refractivity contribution is -0.310. The minimum atomic E-state index is -2.36. The minimum absolute atomic E-state index is 0.140. The number of aliphatic hydroxyl groups is 10. The number of carbonyl (C=O) groups is 2. The van der Waals surface area contributed by atoms with Crippen molar-refractivity contribution in [3.63, 3.8) is 0 Å². The van der Waals surface area contributed by atoms with Crippen LogP contribution in [0.1, 0.15) is 79.1 Å². The van der Waals surface area contributed by atoms with Crippen molar-refractivity contribution in [2.75, 3.05) is 0 Å². The summed E-state index contributed by atoms with van der Waals surface area (Å²) in [7, 11) is 0. The van der Waals surface area contributed by atoms with Crippen LogP contribution in [0.2, 0.25) is 0 Å². The van der Waals surface area contributed by atoms with E-state index in [0.29, 0.717) is 0 Å². The Balaban J connectivity index is 1.86. The van der Waals surface area contributed by atoms with E-state index in [0.717, 1.165) is 0 Å². The van der Waals surface area contributed by atoms with Gasteiger partial charge in [-0.1, -0.05) is 98.9 Å². The van der Waals surface area contributed by atoms with E-state index >= 15 is 0 Å². The lowest BCUT2D eigenvalue weighted by Gasteiger charge is -2.45. The summed E-state index contributed by atoms with van der Waals surface area (Å²) in [5.41, 5.74) is 6.02. The summed E-state index contributed by atoms with van der Waals surface area (Å²) in [5, 5.41) is 118. The van der Waals surface area contributed by atoms with Crippen molar-refractivity contribution in [1.82, 2.24) is 0 Å². The van der Waals surface area contributed by atoms with Crippen LogP contribution in [0, 0.1) is 17.8 Å². The molecule has 0 aromatic carbocycles. The Bertz CT molecular complexity index is 1670. The molecule has 19 atom stereocenters. The molecule has 18 heteroatoms. The van der Waals surface area contributed by atoms with Crippen molar-refractivity contribution in [2.24, 2.45) is 23.5 Å². The van der Waals surface area contributed by atoms with Crippen molar-refractivity contribution in [3.8, 4) is 0 Å². The molecule has 0 aromatic heterocycles. The molecule has 3 aliphatic heterocycles. The second-order valence-corrected chi connectivity index (χ2v) is 17.6. The van der Waals surface area contributed by atoms with E-state index in [1.165, 1.54) is 13.0 Å². The predicted molar refractivity (Wildman–Crippen MR) is 237 cm³/mol. The van der Waals surface area contributed by atoms with Gasteiger partial charge in [0, 0.05) is 31.1 Å². The van der Waals surface area contributed by atoms with Crippen LogP contribution in [-0.2, 0) is 28.5 Å². The number of carboxylic acids is 1. The van der Waals surface area contributed by atoms with Crippen LogP contribution in [0.3, 0.4) is 0 Å². The fourth-order valence-electron chi connectivity index (χ4n) is 7.96. The number of carboxylic acid groups (broad SMARTS) is 1. The third-order valence-corrected chi connectivity index (χ3v) is 12.0. The molecule has 3 aliphatic rings. The topological polar surface area (TPSA) is 320 Å². The molecule has 368 valence electrons. The van der Waals surface area contributed by atoms with Crippen molar-refractivity contribution in [2.45, 2.75) is 177 Å². The molecule has 2 saturated heterocycles. The summed E-state index contributed by atoms with van der Waals surface area (Å²) in [6, 6.07) is -1.15. The highest BCUT2D eigenvalue weighted by Crippen LogP contribution is 2.38. The van der Waals surface area contributed by atoms with Gasteiger partial charge in [-0.25, -0.2) is 0 Å². The van der Waals surface area contributed by atoms with Crippen LogP contribution in [0.15, 0.2) is 85.1 Å². The molecule has 0 amide bonds. The monoisotopic (exact) mass is 923 g/mol. The van der Waals surface area contributed by atoms with E-state index in [1.807, 2.05) is 13.0 Å². The summed E-state index contributed by atoms with van der Waals surface area (Å²) >= 11 is 0. The molecule has 0 radical (unpaired) electrons. The highest BCUT2D eigenvalue weighted by atomic mass is 16.7. The molecule has 18 nitrogen and oxygen atoms in total. The Kier molecular flexibility index (Phi) is 23.6. The fraction of sp³-hybridized carbons (Fsp3) is 0.660. The van der Waals surface area contributed by atoms with Crippen LogP contribution >= 0.6 is 0 Å². The first kappa shape index (κ1) is 55.9.